The van der Waals surface area contributed by atoms with Gasteiger partial charge in [-0.2, -0.15) is 23.1 Å². The molecule has 3 heteroatoms. The number of hydrogen-bond donors (Lipinski definition) is 1. The first kappa shape index (κ1) is 10.5. The molecule has 1 aliphatic heterocycles. The van der Waals surface area contributed by atoms with Crippen LogP contribution in [0.5, 0.6) is 0 Å². The zero-order valence-corrected chi connectivity index (χ0v) is 10.2. The van der Waals surface area contributed by atoms with Gasteiger partial charge in [0.25, 0.3) is 0 Å². The Kier molecular flexibility index (Phi) is 3.52. The van der Waals surface area contributed by atoms with Crippen LogP contribution in [0.1, 0.15) is 25.3 Å². The van der Waals surface area contributed by atoms with Gasteiger partial charge in [-0.15, -0.1) is 0 Å². The summed E-state index contributed by atoms with van der Waals surface area (Å²) in [5.41, 5.74) is 1.42. The second-order valence-electron chi connectivity index (χ2n) is 4.14. The van der Waals surface area contributed by atoms with Crippen molar-refractivity contribution in [3.63, 3.8) is 0 Å². The number of rotatable bonds is 4. The lowest BCUT2D eigenvalue weighted by Gasteiger charge is -2.22. The van der Waals surface area contributed by atoms with Crippen molar-refractivity contribution in [1.82, 2.24) is 5.32 Å². The Morgan fingerprint density at radius 2 is 2.50 bits per heavy atom. The minimum atomic E-state index is 0.496. The van der Waals surface area contributed by atoms with E-state index in [2.05, 4.69) is 40.8 Å². The fourth-order valence-corrected chi connectivity index (χ4v) is 3.78. The van der Waals surface area contributed by atoms with E-state index in [-0.39, 0.29) is 0 Å². The second kappa shape index (κ2) is 4.69. The molecule has 1 aromatic rings. The largest absolute Gasteiger partial charge is 0.311 e. The monoisotopic (exact) mass is 227 g/mol. The van der Waals surface area contributed by atoms with Crippen molar-refractivity contribution >= 4 is 23.1 Å². The molecule has 0 saturated carbocycles. The molecule has 1 aliphatic rings. The van der Waals surface area contributed by atoms with Crippen LogP contribution in [0.25, 0.3) is 0 Å². The lowest BCUT2D eigenvalue weighted by Crippen LogP contribution is -2.32. The quantitative estimate of drug-likeness (QED) is 0.848. The predicted molar refractivity (Wildman–Crippen MR) is 66.1 cm³/mol. The Morgan fingerprint density at radius 1 is 1.57 bits per heavy atom. The van der Waals surface area contributed by atoms with Gasteiger partial charge in [0.05, 0.1) is 0 Å². The van der Waals surface area contributed by atoms with E-state index in [4.69, 9.17) is 0 Å². The van der Waals surface area contributed by atoms with Crippen LogP contribution >= 0.6 is 23.1 Å². The summed E-state index contributed by atoms with van der Waals surface area (Å²) < 4.78 is 0.496. The highest BCUT2D eigenvalue weighted by atomic mass is 32.2. The maximum atomic E-state index is 3.56. The Labute approximate surface area is 94.3 Å². The van der Waals surface area contributed by atoms with Crippen molar-refractivity contribution < 1.29 is 0 Å². The minimum Gasteiger partial charge on any atom is -0.311 e. The van der Waals surface area contributed by atoms with Crippen molar-refractivity contribution in [2.24, 2.45) is 0 Å². The lowest BCUT2D eigenvalue weighted by molar-refractivity contribution is 0.537. The van der Waals surface area contributed by atoms with Crippen molar-refractivity contribution in [2.75, 3.05) is 12.3 Å². The van der Waals surface area contributed by atoms with E-state index in [0.29, 0.717) is 4.75 Å². The van der Waals surface area contributed by atoms with Crippen molar-refractivity contribution in [3.05, 3.63) is 22.4 Å². The summed E-state index contributed by atoms with van der Waals surface area (Å²) in [5.74, 6) is 1.34. The fraction of sp³-hybridized carbons (Fsp3) is 0.636. The molecule has 1 N–H and O–H groups in total. The van der Waals surface area contributed by atoms with Crippen LogP contribution in [0.3, 0.4) is 0 Å². The molecule has 0 amide bonds. The minimum absolute atomic E-state index is 0.496. The van der Waals surface area contributed by atoms with E-state index in [1.165, 1.54) is 24.2 Å². The fourth-order valence-electron chi connectivity index (χ4n) is 1.84. The standard InChI is InChI=1S/C11H17NS2/c1-11(4-2-5-14-11)9-12-7-10-3-6-13-8-10/h3,6,8,12H,2,4-5,7,9H2,1H3. The first-order chi connectivity index (χ1) is 6.79. The van der Waals surface area contributed by atoms with E-state index in [1.807, 2.05) is 0 Å². The van der Waals surface area contributed by atoms with E-state index in [1.54, 1.807) is 11.3 Å². The molecule has 78 valence electrons. The molecule has 1 unspecified atom stereocenters. The molecule has 0 radical (unpaired) electrons. The molecular formula is C11H17NS2. The summed E-state index contributed by atoms with van der Waals surface area (Å²) in [6, 6.07) is 2.20. The number of hydrogen-bond acceptors (Lipinski definition) is 3. The van der Waals surface area contributed by atoms with Crippen LogP contribution in [-0.2, 0) is 6.54 Å². The molecule has 0 spiro atoms. The van der Waals surface area contributed by atoms with Crippen molar-refractivity contribution in [1.29, 1.82) is 0 Å². The van der Waals surface area contributed by atoms with E-state index in [9.17, 15) is 0 Å². The zero-order chi connectivity index (χ0) is 9.86. The molecule has 0 aromatic carbocycles. The SMILES string of the molecule is CC1(CNCc2ccsc2)CCCS1. The number of thiophene rings is 1. The highest BCUT2D eigenvalue weighted by molar-refractivity contribution is 8.00. The summed E-state index contributed by atoms with van der Waals surface area (Å²) in [6.45, 7) is 4.55. The summed E-state index contributed by atoms with van der Waals surface area (Å²) in [5, 5.41) is 7.92. The Balaban J connectivity index is 1.72. The predicted octanol–water partition coefficient (Wildman–Crippen LogP) is 3.12. The lowest BCUT2D eigenvalue weighted by atomic mass is 10.1. The summed E-state index contributed by atoms with van der Waals surface area (Å²) in [6.07, 6.45) is 2.76. The Hall–Kier alpha value is 0.01000. The zero-order valence-electron chi connectivity index (χ0n) is 8.58. The van der Waals surface area contributed by atoms with Crippen molar-refractivity contribution in [3.8, 4) is 0 Å². The van der Waals surface area contributed by atoms with Crippen LogP contribution in [0, 0.1) is 0 Å². The molecule has 1 saturated heterocycles. The summed E-state index contributed by atoms with van der Waals surface area (Å²) >= 11 is 3.90. The molecule has 1 atom stereocenters. The van der Waals surface area contributed by atoms with Crippen LogP contribution in [0.4, 0.5) is 0 Å². The number of thioether (sulfide) groups is 1. The smallest absolute Gasteiger partial charge is 0.0256 e. The third kappa shape index (κ3) is 2.75. The molecule has 1 fully saturated rings. The van der Waals surface area contributed by atoms with E-state index >= 15 is 0 Å². The maximum Gasteiger partial charge on any atom is 0.0256 e. The second-order valence-corrected chi connectivity index (χ2v) is 6.60. The molecule has 2 rings (SSSR count). The van der Waals surface area contributed by atoms with Gasteiger partial charge in [-0.05, 0) is 47.9 Å². The van der Waals surface area contributed by atoms with Crippen LogP contribution in [0.2, 0.25) is 0 Å². The van der Waals surface area contributed by atoms with Gasteiger partial charge in [0.15, 0.2) is 0 Å². The van der Waals surface area contributed by atoms with Gasteiger partial charge < -0.3 is 5.32 Å². The van der Waals surface area contributed by atoms with Crippen LogP contribution in [0.15, 0.2) is 16.8 Å². The molecule has 0 bridgehead atoms. The summed E-state index contributed by atoms with van der Waals surface area (Å²) in [4.78, 5) is 0. The Bertz CT molecular complexity index is 263. The first-order valence-corrected chi connectivity index (χ1v) is 7.07. The molecular weight excluding hydrogens is 210 g/mol. The normalized spacial score (nSPS) is 26.9. The van der Waals surface area contributed by atoms with Crippen LogP contribution in [-0.4, -0.2) is 17.0 Å². The average molecular weight is 227 g/mol. The molecule has 14 heavy (non-hydrogen) atoms. The third-order valence-corrected chi connectivity index (χ3v) is 4.98. The van der Waals surface area contributed by atoms with Gasteiger partial charge in [-0.3, -0.25) is 0 Å². The van der Waals surface area contributed by atoms with Gasteiger partial charge in [0, 0.05) is 17.8 Å². The van der Waals surface area contributed by atoms with Gasteiger partial charge >= 0.3 is 0 Å². The summed E-state index contributed by atoms with van der Waals surface area (Å²) in [7, 11) is 0. The molecule has 1 aromatic heterocycles. The highest BCUT2D eigenvalue weighted by Crippen LogP contribution is 2.36. The van der Waals surface area contributed by atoms with E-state index < -0.39 is 0 Å². The van der Waals surface area contributed by atoms with Crippen LogP contribution < -0.4 is 5.32 Å². The topological polar surface area (TPSA) is 12.0 Å². The third-order valence-electron chi connectivity index (χ3n) is 2.71. The maximum absolute atomic E-state index is 3.56. The first-order valence-electron chi connectivity index (χ1n) is 5.14. The molecule has 1 nitrogen and oxygen atoms in total. The number of nitrogens with one attached hydrogen (secondary N) is 1. The molecule has 0 aliphatic carbocycles. The molecule has 2 heterocycles. The Morgan fingerprint density at radius 3 is 3.14 bits per heavy atom. The van der Waals surface area contributed by atoms with Gasteiger partial charge in [0.2, 0.25) is 0 Å². The average Bonchev–Trinajstić information content (AvgIpc) is 2.77. The van der Waals surface area contributed by atoms with E-state index in [0.717, 1.165) is 13.1 Å². The highest BCUT2D eigenvalue weighted by Gasteiger charge is 2.28. The van der Waals surface area contributed by atoms with Gasteiger partial charge in [-0.25, -0.2) is 0 Å². The van der Waals surface area contributed by atoms with Gasteiger partial charge in [0.1, 0.15) is 0 Å². The van der Waals surface area contributed by atoms with Gasteiger partial charge in [-0.1, -0.05) is 0 Å². The van der Waals surface area contributed by atoms with Crippen molar-refractivity contribution in [2.45, 2.75) is 31.1 Å².